The van der Waals surface area contributed by atoms with Crippen LogP contribution in [0.1, 0.15) is 62.2 Å². The van der Waals surface area contributed by atoms with Crippen LogP contribution in [-0.2, 0) is 9.59 Å². The van der Waals surface area contributed by atoms with Crippen molar-refractivity contribution in [3.63, 3.8) is 0 Å². The predicted molar refractivity (Wildman–Crippen MR) is 109 cm³/mol. The number of benzene rings is 1. The van der Waals surface area contributed by atoms with E-state index in [4.69, 9.17) is 0 Å². The Morgan fingerprint density at radius 3 is 2.36 bits per heavy atom. The van der Waals surface area contributed by atoms with Gasteiger partial charge in [0.15, 0.2) is 0 Å². The third-order valence-corrected chi connectivity index (χ3v) is 5.84. The van der Waals surface area contributed by atoms with Crippen molar-refractivity contribution in [3.05, 3.63) is 29.8 Å². The van der Waals surface area contributed by atoms with E-state index in [0.717, 1.165) is 12.3 Å². The molecule has 2 aliphatic rings. The normalized spacial score (nSPS) is 18.0. The van der Waals surface area contributed by atoms with Crippen LogP contribution >= 0.6 is 0 Å². The number of rotatable bonds is 5. The molecule has 1 N–H and O–H groups in total. The SMILES string of the molecule is CC(=O)Nc1cccc(C(=O)N2CCN(C(=O)CCC3CCCCC3)CC2)c1. The zero-order chi connectivity index (χ0) is 19.9. The smallest absolute Gasteiger partial charge is 0.254 e. The van der Waals surface area contributed by atoms with E-state index in [-0.39, 0.29) is 17.7 Å². The number of nitrogens with one attached hydrogen (secondary N) is 1. The molecule has 0 atom stereocenters. The summed E-state index contributed by atoms with van der Waals surface area (Å²) in [4.78, 5) is 40.2. The number of carbonyl (C=O) groups is 3. The van der Waals surface area contributed by atoms with Crippen molar-refractivity contribution < 1.29 is 14.4 Å². The van der Waals surface area contributed by atoms with Crippen LogP contribution in [0.25, 0.3) is 0 Å². The van der Waals surface area contributed by atoms with Crippen molar-refractivity contribution in [1.82, 2.24) is 9.80 Å². The molecule has 0 bridgehead atoms. The molecular formula is C22H31N3O3. The number of amides is 3. The molecule has 1 aromatic rings. The Kier molecular flexibility index (Phi) is 7.06. The summed E-state index contributed by atoms with van der Waals surface area (Å²) in [6.07, 6.45) is 8.14. The highest BCUT2D eigenvalue weighted by atomic mass is 16.2. The Morgan fingerprint density at radius 1 is 1.00 bits per heavy atom. The largest absolute Gasteiger partial charge is 0.339 e. The van der Waals surface area contributed by atoms with Crippen LogP contribution in [0, 0.1) is 5.92 Å². The lowest BCUT2D eigenvalue weighted by atomic mass is 9.86. The Morgan fingerprint density at radius 2 is 1.68 bits per heavy atom. The highest BCUT2D eigenvalue weighted by molar-refractivity contribution is 5.97. The van der Waals surface area contributed by atoms with Gasteiger partial charge in [-0.05, 0) is 30.5 Å². The second kappa shape index (κ2) is 9.71. The van der Waals surface area contributed by atoms with Gasteiger partial charge in [-0.2, -0.15) is 0 Å². The van der Waals surface area contributed by atoms with Crippen LogP contribution in [-0.4, -0.2) is 53.7 Å². The molecule has 1 saturated carbocycles. The van der Waals surface area contributed by atoms with Gasteiger partial charge in [-0.15, -0.1) is 0 Å². The molecule has 0 aromatic heterocycles. The van der Waals surface area contributed by atoms with Gasteiger partial charge in [-0.25, -0.2) is 0 Å². The molecule has 2 fully saturated rings. The minimum absolute atomic E-state index is 0.0542. The van der Waals surface area contributed by atoms with Crippen LogP contribution in [0.3, 0.4) is 0 Å². The molecule has 6 heteroatoms. The quantitative estimate of drug-likeness (QED) is 0.846. The summed E-state index contributed by atoms with van der Waals surface area (Å²) in [5.74, 6) is 0.730. The van der Waals surface area contributed by atoms with Crippen molar-refractivity contribution in [3.8, 4) is 0 Å². The molecule has 1 aromatic carbocycles. The summed E-state index contributed by atoms with van der Waals surface area (Å²) in [5.41, 5.74) is 1.18. The first-order chi connectivity index (χ1) is 13.5. The number of hydrogen-bond acceptors (Lipinski definition) is 3. The first kappa shape index (κ1) is 20.4. The van der Waals surface area contributed by atoms with Gasteiger partial charge >= 0.3 is 0 Å². The van der Waals surface area contributed by atoms with E-state index >= 15 is 0 Å². The van der Waals surface area contributed by atoms with E-state index < -0.39 is 0 Å². The highest BCUT2D eigenvalue weighted by Gasteiger charge is 2.25. The van der Waals surface area contributed by atoms with Crippen LogP contribution < -0.4 is 5.32 Å². The average molecular weight is 386 g/mol. The molecule has 152 valence electrons. The summed E-state index contributed by atoms with van der Waals surface area (Å²) in [7, 11) is 0. The fourth-order valence-corrected chi connectivity index (χ4v) is 4.24. The number of piperazine rings is 1. The maximum Gasteiger partial charge on any atom is 0.254 e. The fourth-order valence-electron chi connectivity index (χ4n) is 4.24. The van der Waals surface area contributed by atoms with Crippen molar-refractivity contribution in [2.24, 2.45) is 5.92 Å². The Labute approximate surface area is 167 Å². The second-order valence-electron chi connectivity index (χ2n) is 7.98. The van der Waals surface area contributed by atoms with Gasteiger partial charge < -0.3 is 15.1 Å². The van der Waals surface area contributed by atoms with Gasteiger partial charge in [0.25, 0.3) is 5.91 Å². The lowest BCUT2D eigenvalue weighted by Crippen LogP contribution is -2.50. The molecule has 3 rings (SSSR count). The highest BCUT2D eigenvalue weighted by Crippen LogP contribution is 2.27. The lowest BCUT2D eigenvalue weighted by molar-refractivity contribution is -0.133. The number of carbonyl (C=O) groups excluding carboxylic acids is 3. The van der Waals surface area contributed by atoms with Crippen LogP contribution in [0.4, 0.5) is 5.69 Å². The third-order valence-electron chi connectivity index (χ3n) is 5.84. The molecule has 0 unspecified atom stereocenters. The summed E-state index contributed by atoms with van der Waals surface area (Å²) >= 11 is 0. The van der Waals surface area contributed by atoms with E-state index in [1.807, 2.05) is 4.90 Å². The third kappa shape index (κ3) is 5.57. The summed E-state index contributed by atoms with van der Waals surface area (Å²) in [6.45, 7) is 3.75. The van der Waals surface area contributed by atoms with Gasteiger partial charge in [0, 0.05) is 50.8 Å². The molecule has 3 amide bonds. The standard InChI is InChI=1S/C22H31N3O3/c1-17(26)23-20-9-5-8-19(16-20)22(28)25-14-12-24(13-15-25)21(27)11-10-18-6-3-2-4-7-18/h5,8-9,16,18H,2-4,6-7,10-15H2,1H3,(H,23,26). The van der Waals surface area contributed by atoms with E-state index in [1.54, 1.807) is 29.2 Å². The average Bonchev–Trinajstić information content (AvgIpc) is 2.72. The minimum Gasteiger partial charge on any atom is -0.339 e. The van der Waals surface area contributed by atoms with E-state index in [0.29, 0.717) is 43.9 Å². The van der Waals surface area contributed by atoms with E-state index in [1.165, 1.54) is 39.0 Å². The molecule has 1 aliphatic heterocycles. The van der Waals surface area contributed by atoms with Gasteiger partial charge in [-0.1, -0.05) is 38.2 Å². The van der Waals surface area contributed by atoms with Gasteiger partial charge in [0.2, 0.25) is 11.8 Å². The van der Waals surface area contributed by atoms with E-state index in [2.05, 4.69) is 5.32 Å². The topological polar surface area (TPSA) is 69.7 Å². The first-order valence-electron chi connectivity index (χ1n) is 10.5. The van der Waals surface area contributed by atoms with Crippen LogP contribution in [0.2, 0.25) is 0 Å². The number of anilines is 1. The predicted octanol–water partition coefficient (Wildman–Crippen LogP) is 3.29. The Balaban J connectivity index is 1.47. The molecule has 28 heavy (non-hydrogen) atoms. The molecule has 0 spiro atoms. The molecule has 1 heterocycles. The summed E-state index contributed by atoms with van der Waals surface area (Å²) in [6, 6.07) is 6.99. The maximum absolute atomic E-state index is 12.8. The van der Waals surface area contributed by atoms with Crippen molar-refractivity contribution in [2.45, 2.75) is 51.9 Å². The molecular weight excluding hydrogens is 354 g/mol. The fraction of sp³-hybridized carbons (Fsp3) is 0.591. The van der Waals surface area contributed by atoms with Gasteiger partial charge in [0.05, 0.1) is 0 Å². The lowest BCUT2D eigenvalue weighted by Gasteiger charge is -2.35. The number of hydrogen-bond donors (Lipinski definition) is 1. The molecule has 1 aliphatic carbocycles. The van der Waals surface area contributed by atoms with Crippen LogP contribution in [0.15, 0.2) is 24.3 Å². The first-order valence-corrected chi connectivity index (χ1v) is 10.5. The molecule has 6 nitrogen and oxygen atoms in total. The second-order valence-corrected chi connectivity index (χ2v) is 7.98. The maximum atomic E-state index is 12.8. The van der Waals surface area contributed by atoms with Crippen molar-refractivity contribution in [1.29, 1.82) is 0 Å². The summed E-state index contributed by atoms with van der Waals surface area (Å²) in [5, 5.41) is 2.70. The van der Waals surface area contributed by atoms with Crippen molar-refractivity contribution >= 4 is 23.4 Å². The molecule has 1 saturated heterocycles. The van der Waals surface area contributed by atoms with Gasteiger partial charge in [-0.3, -0.25) is 14.4 Å². The van der Waals surface area contributed by atoms with Gasteiger partial charge in [0.1, 0.15) is 0 Å². The molecule has 0 radical (unpaired) electrons. The Bertz CT molecular complexity index is 705. The monoisotopic (exact) mass is 385 g/mol. The van der Waals surface area contributed by atoms with Crippen LogP contribution in [0.5, 0.6) is 0 Å². The zero-order valence-corrected chi connectivity index (χ0v) is 16.8. The minimum atomic E-state index is -0.162. The van der Waals surface area contributed by atoms with E-state index in [9.17, 15) is 14.4 Å². The number of nitrogens with zero attached hydrogens (tertiary/aromatic N) is 2. The van der Waals surface area contributed by atoms with Crippen molar-refractivity contribution in [2.75, 3.05) is 31.5 Å². The Hall–Kier alpha value is -2.37. The zero-order valence-electron chi connectivity index (χ0n) is 16.8. The summed E-state index contributed by atoms with van der Waals surface area (Å²) < 4.78 is 0.